The van der Waals surface area contributed by atoms with Crippen LogP contribution in [0.2, 0.25) is 0 Å². The van der Waals surface area contributed by atoms with Crippen LogP contribution in [-0.2, 0) is 16.4 Å². The van der Waals surface area contributed by atoms with Gasteiger partial charge in [-0.2, -0.15) is 0 Å². The number of hydrogen-bond donors (Lipinski definition) is 3. The van der Waals surface area contributed by atoms with Gasteiger partial charge in [-0.3, -0.25) is 0 Å². The quantitative estimate of drug-likeness (QED) is 0.721. The van der Waals surface area contributed by atoms with E-state index in [4.69, 9.17) is 0 Å². The molecule has 3 N–H and O–H groups in total. The second-order valence-electron chi connectivity index (χ2n) is 4.23. The molecule has 0 amide bonds. The summed E-state index contributed by atoms with van der Waals surface area (Å²) >= 11 is 0. The molecule has 1 heterocycles. The monoisotopic (exact) mass is 299 g/mol. The molecule has 2 rings (SSSR count). The standard InChI is InChI=1S/C12H14FN3O3S/c13-10-3-1-9(2-4-10)7-11(8-17)16-20(18,19)12-14-5-6-15-12/h1-6,11,16-17H,7-8H2,(H,14,15). The summed E-state index contributed by atoms with van der Waals surface area (Å²) in [5.74, 6) is -0.370. The van der Waals surface area contributed by atoms with Crippen molar-refractivity contribution < 1.29 is 17.9 Å². The second-order valence-corrected chi connectivity index (χ2v) is 5.85. The molecule has 0 bridgehead atoms. The van der Waals surface area contributed by atoms with Gasteiger partial charge in [0, 0.05) is 18.4 Å². The number of aromatic nitrogens is 2. The number of H-pyrrole nitrogens is 1. The number of benzene rings is 1. The molecule has 0 fully saturated rings. The second kappa shape index (κ2) is 6.12. The molecule has 1 aromatic carbocycles. The molecule has 0 saturated carbocycles. The summed E-state index contributed by atoms with van der Waals surface area (Å²) in [6.07, 6.45) is 2.96. The first kappa shape index (κ1) is 14.6. The van der Waals surface area contributed by atoms with Gasteiger partial charge >= 0.3 is 0 Å². The molecule has 1 unspecified atom stereocenters. The number of aliphatic hydroxyl groups is 1. The third-order valence-corrected chi connectivity index (χ3v) is 4.04. The molecule has 1 aromatic heterocycles. The first-order chi connectivity index (χ1) is 9.51. The van der Waals surface area contributed by atoms with Gasteiger partial charge in [0.2, 0.25) is 5.16 Å². The van der Waals surface area contributed by atoms with Gasteiger partial charge in [0.05, 0.1) is 6.61 Å². The van der Waals surface area contributed by atoms with Crippen LogP contribution >= 0.6 is 0 Å². The number of imidazole rings is 1. The summed E-state index contributed by atoms with van der Waals surface area (Å²) in [5, 5.41) is 9.06. The van der Waals surface area contributed by atoms with Crippen molar-refractivity contribution in [2.24, 2.45) is 0 Å². The van der Waals surface area contributed by atoms with Crippen LogP contribution in [0.15, 0.2) is 41.8 Å². The van der Waals surface area contributed by atoms with Crippen LogP contribution in [0.4, 0.5) is 4.39 Å². The fourth-order valence-electron chi connectivity index (χ4n) is 1.72. The number of sulfonamides is 1. The molecule has 20 heavy (non-hydrogen) atoms. The van der Waals surface area contributed by atoms with E-state index >= 15 is 0 Å². The summed E-state index contributed by atoms with van der Waals surface area (Å²) in [4.78, 5) is 6.14. The Labute approximate surface area is 115 Å². The summed E-state index contributed by atoms with van der Waals surface area (Å²) in [5.41, 5.74) is 0.715. The maximum atomic E-state index is 12.8. The number of rotatable bonds is 6. The van der Waals surface area contributed by atoms with E-state index in [1.54, 1.807) is 12.1 Å². The van der Waals surface area contributed by atoms with Crippen molar-refractivity contribution in [2.75, 3.05) is 6.61 Å². The number of nitrogens with zero attached hydrogens (tertiary/aromatic N) is 1. The molecule has 0 aliphatic carbocycles. The van der Waals surface area contributed by atoms with Crippen molar-refractivity contribution in [1.29, 1.82) is 0 Å². The molecule has 0 aliphatic heterocycles. The average molecular weight is 299 g/mol. The Hall–Kier alpha value is -1.77. The Balaban J connectivity index is 2.08. The smallest absolute Gasteiger partial charge is 0.274 e. The summed E-state index contributed by atoms with van der Waals surface area (Å²) in [6, 6.07) is 4.93. The van der Waals surface area contributed by atoms with E-state index in [9.17, 15) is 17.9 Å². The lowest BCUT2D eigenvalue weighted by molar-refractivity contribution is 0.256. The molecule has 108 valence electrons. The van der Waals surface area contributed by atoms with E-state index in [1.807, 2.05) is 0 Å². The molecule has 0 spiro atoms. The fraction of sp³-hybridized carbons (Fsp3) is 0.250. The highest BCUT2D eigenvalue weighted by Gasteiger charge is 2.21. The highest BCUT2D eigenvalue weighted by atomic mass is 32.2. The van der Waals surface area contributed by atoms with E-state index < -0.39 is 16.1 Å². The third kappa shape index (κ3) is 3.62. The molecule has 8 heteroatoms. The van der Waals surface area contributed by atoms with Gasteiger partial charge in [0.25, 0.3) is 10.0 Å². The van der Waals surface area contributed by atoms with Crippen LogP contribution in [0.1, 0.15) is 5.56 Å². The lowest BCUT2D eigenvalue weighted by Crippen LogP contribution is -2.39. The van der Waals surface area contributed by atoms with Crippen molar-refractivity contribution in [2.45, 2.75) is 17.6 Å². The Bertz CT molecular complexity index is 641. The van der Waals surface area contributed by atoms with Crippen molar-refractivity contribution in [3.05, 3.63) is 48.0 Å². The average Bonchev–Trinajstić information content (AvgIpc) is 2.95. The zero-order valence-electron chi connectivity index (χ0n) is 10.5. The molecular weight excluding hydrogens is 285 g/mol. The predicted octanol–water partition coefficient (Wildman–Crippen LogP) is 0.431. The maximum absolute atomic E-state index is 12.8. The maximum Gasteiger partial charge on any atom is 0.274 e. The minimum atomic E-state index is -3.81. The van der Waals surface area contributed by atoms with E-state index in [0.717, 1.165) is 0 Å². The predicted molar refractivity (Wildman–Crippen MR) is 69.9 cm³/mol. The summed E-state index contributed by atoms with van der Waals surface area (Å²) < 4.78 is 39.0. The van der Waals surface area contributed by atoms with Crippen molar-refractivity contribution in [3.63, 3.8) is 0 Å². The third-order valence-electron chi connectivity index (χ3n) is 2.67. The SMILES string of the molecule is O=S(=O)(NC(CO)Cc1ccc(F)cc1)c1ncc[nH]1. The molecule has 0 saturated heterocycles. The summed E-state index contributed by atoms with van der Waals surface area (Å²) in [6.45, 7) is -0.378. The highest BCUT2D eigenvalue weighted by molar-refractivity contribution is 7.89. The molecule has 6 nitrogen and oxygen atoms in total. The van der Waals surface area contributed by atoms with Gasteiger partial charge in [-0.25, -0.2) is 22.5 Å². The number of nitrogens with one attached hydrogen (secondary N) is 2. The number of aromatic amines is 1. The zero-order valence-corrected chi connectivity index (χ0v) is 11.3. The largest absolute Gasteiger partial charge is 0.395 e. The molecule has 0 aliphatic rings. The van der Waals surface area contributed by atoms with Crippen molar-refractivity contribution >= 4 is 10.0 Å². The Morgan fingerprint density at radius 2 is 2.05 bits per heavy atom. The van der Waals surface area contributed by atoms with Crippen LogP contribution in [0.25, 0.3) is 0 Å². The highest BCUT2D eigenvalue weighted by Crippen LogP contribution is 2.08. The Morgan fingerprint density at radius 3 is 2.60 bits per heavy atom. The van der Waals surface area contributed by atoms with Crippen LogP contribution < -0.4 is 4.72 Å². The Kier molecular flexibility index (Phi) is 4.48. The van der Waals surface area contributed by atoms with Crippen LogP contribution in [0.5, 0.6) is 0 Å². The minimum absolute atomic E-state index is 0.213. The van der Waals surface area contributed by atoms with Crippen molar-refractivity contribution in [3.8, 4) is 0 Å². The normalized spacial score (nSPS) is 13.3. The Morgan fingerprint density at radius 1 is 1.35 bits per heavy atom. The number of aliphatic hydroxyl groups excluding tert-OH is 1. The zero-order chi connectivity index (χ0) is 14.6. The lowest BCUT2D eigenvalue weighted by atomic mass is 10.1. The van der Waals surface area contributed by atoms with Gasteiger partial charge in [-0.15, -0.1) is 0 Å². The van der Waals surface area contributed by atoms with E-state index in [2.05, 4.69) is 14.7 Å². The molecule has 2 aromatic rings. The molecule has 1 atom stereocenters. The van der Waals surface area contributed by atoms with Gasteiger partial charge in [-0.05, 0) is 24.1 Å². The van der Waals surface area contributed by atoms with Gasteiger partial charge in [0.15, 0.2) is 0 Å². The first-order valence-corrected chi connectivity index (χ1v) is 7.36. The van der Waals surface area contributed by atoms with Gasteiger partial charge in [0.1, 0.15) is 5.82 Å². The fourth-order valence-corrected chi connectivity index (χ4v) is 2.85. The van der Waals surface area contributed by atoms with Crippen LogP contribution in [0.3, 0.4) is 0 Å². The minimum Gasteiger partial charge on any atom is -0.395 e. The lowest BCUT2D eigenvalue weighted by Gasteiger charge is -2.15. The molecule has 0 radical (unpaired) electrons. The van der Waals surface area contributed by atoms with E-state index in [1.165, 1.54) is 24.5 Å². The van der Waals surface area contributed by atoms with Gasteiger partial charge in [-0.1, -0.05) is 12.1 Å². The number of hydrogen-bond acceptors (Lipinski definition) is 4. The van der Waals surface area contributed by atoms with Crippen molar-refractivity contribution in [1.82, 2.24) is 14.7 Å². The van der Waals surface area contributed by atoms with E-state index in [0.29, 0.717) is 5.56 Å². The van der Waals surface area contributed by atoms with E-state index in [-0.39, 0.29) is 24.0 Å². The number of halogens is 1. The summed E-state index contributed by atoms with van der Waals surface area (Å²) in [7, 11) is -3.81. The first-order valence-electron chi connectivity index (χ1n) is 5.88. The van der Waals surface area contributed by atoms with Crippen LogP contribution in [-0.4, -0.2) is 36.1 Å². The topological polar surface area (TPSA) is 95.1 Å². The van der Waals surface area contributed by atoms with Gasteiger partial charge < -0.3 is 10.1 Å². The van der Waals surface area contributed by atoms with Crippen LogP contribution in [0, 0.1) is 5.82 Å². The molecular formula is C12H14FN3O3S.